The number of rotatable bonds is 5. The molecule has 2 unspecified atom stereocenters. The molecule has 1 amide bonds. The highest BCUT2D eigenvalue weighted by Gasteiger charge is 2.51. The second-order valence-electron chi connectivity index (χ2n) is 10.4. The van der Waals surface area contributed by atoms with Crippen LogP contribution in [-0.2, 0) is 6.54 Å². The molecule has 2 atom stereocenters. The summed E-state index contributed by atoms with van der Waals surface area (Å²) >= 11 is 0. The predicted octanol–water partition coefficient (Wildman–Crippen LogP) is 4.65. The quantitative estimate of drug-likeness (QED) is 0.582. The van der Waals surface area contributed by atoms with Crippen LogP contribution in [0.15, 0.2) is 65.5 Å². The largest absolute Gasteiger partial charge is 0.349 e. The van der Waals surface area contributed by atoms with E-state index in [1.165, 1.54) is 18.4 Å². The lowest BCUT2D eigenvalue weighted by atomic mass is 9.93. The third-order valence-corrected chi connectivity index (χ3v) is 8.02. The Bertz CT molecular complexity index is 1220. The Hall–Kier alpha value is -2.92. The van der Waals surface area contributed by atoms with Crippen molar-refractivity contribution in [2.24, 2.45) is 0 Å². The normalized spacial score (nSPS) is 26.6. The molecule has 0 saturated carbocycles. The summed E-state index contributed by atoms with van der Waals surface area (Å²) in [5.41, 5.74) is 2.30. The molecule has 2 aliphatic heterocycles. The zero-order valence-electron chi connectivity index (χ0n) is 19.8. The number of carbonyl (C=O) groups excluding carboxylic acids is 1. The van der Waals surface area contributed by atoms with Crippen molar-refractivity contribution < 1.29 is 9.28 Å². The predicted molar refractivity (Wildman–Crippen MR) is 132 cm³/mol. The number of fused-ring (bicyclic) bond motifs is 3. The highest BCUT2D eigenvalue weighted by Crippen LogP contribution is 2.42. The van der Waals surface area contributed by atoms with Crippen LogP contribution >= 0.6 is 0 Å². The highest BCUT2D eigenvalue weighted by molar-refractivity contribution is 5.97. The van der Waals surface area contributed by atoms with Crippen molar-refractivity contribution in [3.05, 3.63) is 82.1 Å². The average Bonchev–Trinajstić information content (AvgIpc) is 2.95. The number of pyridine rings is 1. The molecule has 1 N–H and O–H groups in total. The molecule has 2 saturated heterocycles. The van der Waals surface area contributed by atoms with Gasteiger partial charge in [-0.15, -0.1) is 0 Å². The standard InChI is InChI=1S/C28H33N3O2/c1-19(2)30-26-12-8-7-11-21(26)15-25(28(30)33)27(32)29-22-16-23-13-14-24(17-22)31(23,3)18-20-9-5-4-6-10-20/h4-12,15,19,22-24H,13-14,16-18H2,1-3H3/p+1. The van der Waals surface area contributed by atoms with E-state index in [4.69, 9.17) is 0 Å². The van der Waals surface area contributed by atoms with Gasteiger partial charge in [-0.2, -0.15) is 0 Å². The number of piperidine rings is 1. The molecule has 5 heteroatoms. The molecule has 2 fully saturated rings. The van der Waals surface area contributed by atoms with Gasteiger partial charge in [0.1, 0.15) is 12.1 Å². The van der Waals surface area contributed by atoms with Crippen molar-refractivity contribution in [2.75, 3.05) is 7.05 Å². The van der Waals surface area contributed by atoms with E-state index in [0.29, 0.717) is 12.1 Å². The van der Waals surface area contributed by atoms with Crippen LogP contribution in [0.25, 0.3) is 10.9 Å². The van der Waals surface area contributed by atoms with Gasteiger partial charge in [-0.3, -0.25) is 9.59 Å². The highest BCUT2D eigenvalue weighted by atomic mass is 16.2. The number of carbonyl (C=O) groups is 1. The molecule has 0 radical (unpaired) electrons. The number of nitrogens with one attached hydrogen (secondary N) is 1. The minimum Gasteiger partial charge on any atom is -0.349 e. The number of amides is 1. The molecule has 172 valence electrons. The van der Waals surface area contributed by atoms with Crippen molar-refractivity contribution >= 4 is 16.8 Å². The van der Waals surface area contributed by atoms with E-state index >= 15 is 0 Å². The minimum atomic E-state index is -0.233. The first kappa shape index (κ1) is 21.9. The summed E-state index contributed by atoms with van der Waals surface area (Å²) < 4.78 is 2.80. The summed E-state index contributed by atoms with van der Waals surface area (Å²) in [6.45, 7) is 5.01. The fourth-order valence-corrected chi connectivity index (χ4v) is 6.32. The molecule has 2 aliphatic rings. The second kappa shape index (κ2) is 8.45. The van der Waals surface area contributed by atoms with Crippen LogP contribution in [0.4, 0.5) is 0 Å². The maximum absolute atomic E-state index is 13.3. The van der Waals surface area contributed by atoms with Crippen LogP contribution in [0, 0.1) is 0 Å². The molecule has 5 nitrogen and oxygen atoms in total. The number of aromatic nitrogens is 1. The molecule has 2 bridgehead atoms. The molecule has 0 aliphatic carbocycles. The topological polar surface area (TPSA) is 51.1 Å². The van der Waals surface area contributed by atoms with Gasteiger partial charge in [-0.1, -0.05) is 48.5 Å². The maximum atomic E-state index is 13.3. The van der Waals surface area contributed by atoms with Crippen LogP contribution < -0.4 is 10.9 Å². The van der Waals surface area contributed by atoms with Gasteiger partial charge in [0.05, 0.1) is 24.6 Å². The van der Waals surface area contributed by atoms with Gasteiger partial charge in [0.2, 0.25) is 0 Å². The fraction of sp³-hybridized carbons (Fsp3) is 0.429. The monoisotopic (exact) mass is 444 g/mol. The fourth-order valence-electron chi connectivity index (χ4n) is 6.32. The lowest BCUT2D eigenvalue weighted by molar-refractivity contribution is -0.961. The summed E-state index contributed by atoms with van der Waals surface area (Å²) in [5, 5.41) is 4.17. The van der Waals surface area contributed by atoms with Crippen molar-refractivity contribution in [3.63, 3.8) is 0 Å². The molecule has 2 aromatic carbocycles. The van der Waals surface area contributed by atoms with E-state index < -0.39 is 0 Å². The number of hydrogen-bond acceptors (Lipinski definition) is 2. The van der Waals surface area contributed by atoms with Gasteiger partial charge in [0.15, 0.2) is 0 Å². The van der Waals surface area contributed by atoms with Gasteiger partial charge in [0, 0.05) is 43.3 Å². The van der Waals surface area contributed by atoms with Gasteiger partial charge in [-0.05, 0) is 31.4 Å². The number of hydrogen-bond donors (Lipinski definition) is 1. The summed E-state index contributed by atoms with van der Waals surface area (Å²) in [6.07, 6.45) is 4.35. The van der Waals surface area contributed by atoms with Gasteiger partial charge < -0.3 is 14.4 Å². The summed E-state index contributed by atoms with van der Waals surface area (Å²) in [6, 6.07) is 21.5. The van der Waals surface area contributed by atoms with Crippen LogP contribution in [0.1, 0.15) is 61.5 Å². The number of nitrogens with zero attached hydrogens (tertiary/aromatic N) is 2. The van der Waals surface area contributed by atoms with E-state index in [0.717, 1.165) is 34.8 Å². The first-order chi connectivity index (χ1) is 15.9. The van der Waals surface area contributed by atoms with Crippen LogP contribution in [0.3, 0.4) is 0 Å². The van der Waals surface area contributed by atoms with E-state index in [2.05, 4.69) is 42.7 Å². The first-order valence-corrected chi connectivity index (χ1v) is 12.2. The van der Waals surface area contributed by atoms with Crippen LogP contribution in [0.5, 0.6) is 0 Å². The molecule has 3 aromatic rings. The average molecular weight is 445 g/mol. The molecule has 5 rings (SSSR count). The van der Waals surface area contributed by atoms with E-state index in [-0.39, 0.29) is 29.1 Å². The Kier molecular flexibility index (Phi) is 5.61. The van der Waals surface area contributed by atoms with Gasteiger partial charge in [0.25, 0.3) is 11.5 Å². The van der Waals surface area contributed by atoms with Crippen LogP contribution in [0.2, 0.25) is 0 Å². The minimum absolute atomic E-state index is 0.0170. The lowest BCUT2D eigenvalue weighted by Crippen LogP contribution is -2.60. The van der Waals surface area contributed by atoms with Gasteiger partial charge >= 0.3 is 0 Å². The van der Waals surface area contributed by atoms with E-state index in [1.807, 2.05) is 38.1 Å². The Labute approximate surface area is 195 Å². The number of quaternary nitrogens is 1. The van der Waals surface area contributed by atoms with Crippen molar-refractivity contribution in [1.82, 2.24) is 9.88 Å². The summed E-state index contributed by atoms with van der Waals surface area (Å²) in [7, 11) is 2.39. The Morgan fingerprint density at radius 1 is 1.03 bits per heavy atom. The maximum Gasteiger partial charge on any atom is 0.264 e. The Morgan fingerprint density at radius 3 is 2.33 bits per heavy atom. The number of para-hydroxylation sites is 1. The molecule has 1 aromatic heterocycles. The van der Waals surface area contributed by atoms with E-state index in [1.54, 1.807) is 10.6 Å². The molecule has 3 heterocycles. The molecular weight excluding hydrogens is 410 g/mol. The molecular formula is C28H34N3O2+. The Balaban J connectivity index is 1.36. The Morgan fingerprint density at radius 2 is 1.67 bits per heavy atom. The number of benzene rings is 2. The van der Waals surface area contributed by atoms with Gasteiger partial charge in [-0.25, -0.2) is 0 Å². The zero-order chi connectivity index (χ0) is 23.2. The summed E-state index contributed by atoms with van der Waals surface area (Å²) in [5.74, 6) is -0.233. The van der Waals surface area contributed by atoms with Crippen molar-refractivity contribution in [2.45, 2.75) is 70.2 Å². The zero-order valence-corrected chi connectivity index (χ0v) is 19.8. The lowest BCUT2D eigenvalue weighted by Gasteiger charge is -2.47. The first-order valence-electron chi connectivity index (χ1n) is 12.2. The van der Waals surface area contributed by atoms with Crippen molar-refractivity contribution in [3.8, 4) is 0 Å². The third-order valence-electron chi connectivity index (χ3n) is 8.02. The SMILES string of the molecule is CC(C)n1c(=O)c(C(=O)NC2CC3CCC(C2)[N+]3(C)Cc2ccccc2)cc2ccccc21. The molecule has 33 heavy (non-hydrogen) atoms. The summed E-state index contributed by atoms with van der Waals surface area (Å²) in [4.78, 5) is 26.6. The smallest absolute Gasteiger partial charge is 0.264 e. The second-order valence-corrected chi connectivity index (χ2v) is 10.4. The van der Waals surface area contributed by atoms with Crippen LogP contribution in [-0.4, -0.2) is 40.1 Å². The third kappa shape index (κ3) is 3.89. The van der Waals surface area contributed by atoms with E-state index in [9.17, 15) is 9.59 Å². The molecule has 0 spiro atoms. The van der Waals surface area contributed by atoms with Crippen molar-refractivity contribution in [1.29, 1.82) is 0 Å².